The molecule has 1 aliphatic carbocycles. The monoisotopic (exact) mass is 446 g/mol. The number of benzene rings is 1. The highest BCUT2D eigenvalue weighted by atomic mass is 32.2. The molecule has 7 nitrogen and oxygen atoms in total. The summed E-state index contributed by atoms with van der Waals surface area (Å²) in [5.41, 5.74) is 1.03. The second-order valence-corrected chi connectivity index (χ2v) is 12.1. The summed E-state index contributed by atoms with van der Waals surface area (Å²) in [5.74, 6) is 1.05. The van der Waals surface area contributed by atoms with E-state index in [9.17, 15) is 13.2 Å². The molecule has 4 aliphatic rings. The normalized spacial score (nSPS) is 27.7. The van der Waals surface area contributed by atoms with Crippen molar-refractivity contribution in [3.05, 3.63) is 29.8 Å². The van der Waals surface area contributed by atoms with Crippen LogP contribution in [-0.2, 0) is 21.2 Å². The molecule has 31 heavy (non-hydrogen) atoms. The van der Waals surface area contributed by atoms with Crippen LogP contribution in [0.3, 0.4) is 0 Å². The first-order chi connectivity index (χ1) is 14.8. The number of likely N-dealkylation sites (N-methyl/N-ethyl adjacent to an activating group) is 1. The van der Waals surface area contributed by atoms with Gasteiger partial charge in [-0.2, -0.15) is 0 Å². The number of rotatable bonds is 5. The summed E-state index contributed by atoms with van der Waals surface area (Å²) in [6.45, 7) is 6.52. The predicted octanol–water partition coefficient (Wildman–Crippen LogP) is 1.25. The van der Waals surface area contributed by atoms with Crippen molar-refractivity contribution in [2.45, 2.75) is 48.8 Å². The van der Waals surface area contributed by atoms with Gasteiger partial charge in [0.1, 0.15) is 6.04 Å². The van der Waals surface area contributed by atoms with Crippen LogP contribution >= 0.6 is 0 Å². The molecule has 1 atom stereocenters. The Morgan fingerprint density at radius 2 is 1.71 bits per heavy atom. The highest BCUT2D eigenvalue weighted by Gasteiger charge is 2.58. The van der Waals surface area contributed by atoms with E-state index in [1.54, 1.807) is 12.1 Å². The lowest BCUT2D eigenvalue weighted by Gasteiger charge is -2.51. The van der Waals surface area contributed by atoms with Gasteiger partial charge >= 0.3 is 0 Å². The van der Waals surface area contributed by atoms with Crippen molar-refractivity contribution in [1.82, 2.24) is 19.6 Å². The molecule has 3 aliphatic heterocycles. The number of fused-ring (bicyclic) bond motifs is 2. The van der Waals surface area contributed by atoms with Crippen LogP contribution in [0.1, 0.15) is 31.2 Å². The SMILES string of the molecule is CN1CCN2[C@H](C1)C(=O)N(CC1CC1)C21CCN(Cc2ccc(S(C)(=O)=O)cc2)CC1. The van der Waals surface area contributed by atoms with Gasteiger partial charge < -0.3 is 9.80 Å². The van der Waals surface area contributed by atoms with Gasteiger partial charge in [0.05, 0.1) is 10.6 Å². The van der Waals surface area contributed by atoms with E-state index < -0.39 is 9.84 Å². The van der Waals surface area contributed by atoms with E-state index in [1.165, 1.54) is 19.1 Å². The van der Waals surface area contributed by atoms with Crippen molar-refractivity contribution in [1.29, 1.82) is 0 Å². The summed E-state index contributed by atoms with van der Waals surface area (Å²) in [7, 11) is -1.04. The summed E-state index contributed by atoms with van der Waals surface area (Å²) in [4.78, 5) is 23.3. The van der Waals surface area contributed by atoms with E-state index in [0.29, 0.717) is 16.7 Å². The maximum Gasteiger partial charge on any atom is 0.242 e. The third kappa shape index (κ3) is 4.03. The van der Waals surface area contributed by atoms with Gasteiger partial charge in [-0.15, -0.1) is 0 Å². The molecule has 8 heteroatoms. The van der Waals surface area contributed by atoms with Gasteiger partial charge in [-0.1, -0.05) is 12.1 Å². The Morgan fingerprint density at radius 1 is 1.03 bits per heavy atom. The lowest BCUT2D eigenvalue weighted by Crippen LogP contribution is -2.63. The van der Waals surface area contributed by atoms with Gasteiger partial charge in [-0.05, 0) is 56.3 Å². The van der Waals surface area contributed by atoms with Gasteiger partial charge in [-0.25, -0.2) is 8.42 Å². The zero-order valence-electron chi connectivity index (χ0n) is 18.7. The second-order valence-electron chi connectivity index (χ2n) is 10.0. The fourth-order valence-corrected chi connectivity index (χ4v) is 6.34. The fourth-order valence-electron chi connectivity index (χ4n) is 5.71. The zero-order chi connectivity index (χ0) is 21.8. The second kappa shape index (κ2) is 7.83. The van der Waals surface area contributed by atoms with E-state index >= 15 is 0 Å². The Balaban J connectivity index is 1.29. The Labute approximate surface area is 185 Å². The van der Waals surface area contributed by atoms with Crippen molar-refractivity contribution in [2.24, 2.45) is 5.92 Å². The van der Waals surface area contributed by atoms with Crippen LogP contribution in [0.2, 0.25) is 0 Å². The van der Waals surface area contributed by atoms with Crippen molar-refractivity contribution >= 4 is 15.7 Å². The van der Waals surface area contributed by atoms with Crippen molar-refractivity contribution in [3.63, 3.8) is 0 Å². The van der Waals surface area contributed by atoms with Gasteiger partial charge in [0.2, 0.25) is 5.91 Å². The molecule has 0 radical (unpaired) electrons. The van der Waals surface area contributed by atoms with E-state index in [4.69, 9.17) is 0 Å². The number of piperazine rings is 1. The first-order valence-corrected chi connectivity index (χ1v) is 13.4. The predicted molar refractivity (Wildman–Crippen MR) is 119 cm³/mol. The van der Waals surface area contributed by atoms with Crippen molar-refractivity contribution in [2.75, 3.05) is 52.6 Å². The molecule has 0 bridgehead atoms. The number of piperidine rings is 1. The minimum absolute atomic E-state index is 0.0209. The van der Waals surface area contributed by atoms with Crippen LogP contribution in [0.5, 0.6) is 0 Å². The van der Waals surface area contributed by atoms with E-state index in [-0.39, 0.29) is 11.7 Å². The molecule has 1 saturated carbocycles. The van der Waals surface area contributed by atoms with Gasteiger partial charge in [0.15, 0.2) is 9.84 Å². The summed E-state index contributed by atoms with van der Waals surface area (Å²) in [6, 6.07) is 7.29. The summed E-state index contributed by atoms with van der Waals surface area (Å²) >= 11 is 0. The number of carbonyl (C=O) groups is 1. The molecular weight excluding hydrogens is 412 g/mol. The molecule has 3 heterocycles. The van der Waals surface area contributed by atoms with Crippen molar-refractivity contribution in [3.8, 4) is 0 Å². The molecule has 0 aromatic heterocycles. The quantitative estimate of drug-likeness (QED) is 0.678. The van der Waals surface area contributed by atoms with Crippen LogP contribution in [0.4, 0.5) is 0 Å². The van der Waals surface area contributed by atoms with Crippen LogP contribution in [0, 0.1) is 5.92 Å². The Bertz CT molecular complexity index is 936. The van der Waals surface area contributed by atoms with E-state index in [0.717, 1.165) is 64.2 Å². The first kappa shape index (κ1) is 21.4. The zero-order valence-corrected chi connectivity index (χ0v) is 19.5. The first-order valence-electron chi connectivity index (χ1n) is 11.5. The average Bonchev–Trinajstić information content (AvgIpc) is 3.53. The third-order valence-corrected chi connectivity index (χ3v) is 8.85. The lowest BCUT2D eigenvalue weighted by molar-refractivity contribution is -0.134. The van der Waals surface area contributed by atoms with Crippen LogP contribution in [0.25, 0.3) is 0 Å². The van der Waals surface area contributed by atoms with Gasteiger partial charge in [-0.3, -0.25) is 14.6 Å². The molecule has 170 valence electrons. The fraction of sp³-hybridized carbons (Fsp3) is 0.696. The molecule has 1 aromatic rings. The molecule has 3 saturated heterocycles. The summed E-state index contributed by atoms with van der Waals surface area (Å²) in [6.07, 6.45) is 5.76. The smallest absolute Gasteiger partial charge is 0.242 e. The maximum absolute atomic E-state index is 13.4. The summed E-state index contributed by atoms with van der Waals surface area (Å²) < 4.78 is 23.4. The number of hydrogen-bond acceptors (Lipinski definition) is 6. The molecule has 1 spiro atoms. The lowest BCUT2D eigenvalue weighted by atomic mass is 9.93. The van der Waals surface area contributed by atoms with Crippen molar-refractivity contribution < 1.29 is 13.2 Å². The van der Waals surface area contributed by atoms with Crippen LogP contribution < -0.4 is 0 Å². The minimum atomic E-state index is -3.16. The number of sulfone groups is 1. The molecular formula is C23H34N4O3S. The Kier molecular flexibility index (Phi) is 5.40. The van der Waals surface area contributed by atoms with E-state index in [2.05, 4.69) is 26.6 Å². The molecule has 5 rings (SSSR count). The molecule has 0 unspecified atom stereocenters. The average molecular weight is 447 g/mol. The topological polar surface area (TPSA) is 64.2 Å². The third-order valence-electron chi connectivity index (χ3n) is 7.72. The molecule has 1 aromatic carbocycles. The van der Waals surface area contributed by atoms with Crippen LogP contribution in [-0.4, -0.2) is 98.2 Å². The number of likely N-dealkylation sites (tertiary alicyclic amines) is 1. The van der Waals surface area contributed by atoms with Crippen LogP contribution in [0.15, 0.2) is 29.2 Å². The Morgan fingerprint density at radius 3 is 2.32 bits per heavy atom. The number of carbonyl (C=O) groups excluding carboxylic acids is 1. The largest absolute Gasteiger partial charge is 0.322 e. The highest BCUT2D eigenvalue weighted by Crippen LogP contribution is 2.44. The minimum Gasteiger partial charge on any atom is -0.322 e. The molecule has 1 amide bonds. The number of hydrogen-bond donors (Lipinski definition) is 0. The molecule has 4 fully saturated rings. The maximum atomic E-state index is 13.4. The standard InChI is InChI=1S/C23H34N4O3S/c1-24-13-14-26-21(17-24)22(28)27(16-19-3-4-19)23(26)9-11-25(12-10-23)15-18-5-7-20(8-6-18)31(2,29)30/h5-8,19,21H,3-4,9-17H2,1-2H3/t21-/m1/s1. The Hall–Kier alpha value is -1.48. The highest BCUT2D eigenvalue weighted by molar-refractivity contribution is 7.90. The van der Waals surface area contributed by atoms with E-state index in [1.807, 2.05) is 12.1 Å². The van der Waals surface area contributed by atoms with Gasteiger partial charge in [0.25, 0.3) is 0 Å². The number of amides is 1. The number of nitrogens with zero attached hydrogens (tertiary/aromatic N) is 4. The van der Waals surface area contributed by atoms with Gasteiger partial charge in [0, 0.05) is 52.1 Å². The summed E-state index contributed by atoms with van der Waals surface area (Å²) in [5, 5.41) is 0. The molecule has 0 N–H and O–H groups in total.